The van der Waals surface area contributed by atoms with Gasteiger partial charge in [0.25, 0.3) is 5.89 Å². The van der Waals surface area contributed by atoms with Gasteiger partial charge < -0.3 is 9.26 Å². The molecule has 1 aromatic heterocycles. The summed E-state index contributed by atoms with van der Waals surface area (Å²) in [6.45, 7) is 2.71. The van der Waals surface area contributed by atoms with Crippen molar-refractivity contribution in [3.05, 3.63) is 78.2 Å². The Balaban J connectivity index is 1.69. The highest BCUT2D eigenvalue weighted by Crippen LogP contribution is 2.45. The fourth-order valence-electron chi connectivity index (χ4n) is 3.95. The van der Waals surface area contributed by atoms with Gasteiger partial charge in [-0.3, -0.25) is 0 Å². The molecule has 1 atom stereocenters. The summed E-state index contributed by atoms with van der Waals surface area (Å²) in [5.74, 6) is 0.776. The van der Waals surface area contributed by atoms with Gasteiger partial charge in [-0.05, 0) is 29.7 Å². The number of aromatic nitrogens is 2. The molecular formula is C24H24N2O4S. The number of hydrogen-bond acceptors (Lipinski definition) is 6. The second-order valence-corrected chi connectivity index (χ2v) is 10.0. The molecule has 0 saturated heterocycles. The number of methoxy groups -OCH3 is 1. The monoisotopic (exact) mass is 436 g/mol. The second kappa shape index (κ2) is 8.24. The van der Waals surface area contributed by atoms with E-state index < -0.39 is 9.84 Å². The molecule has 31 heavy (non-hydrogen) atoms. The number of ether oxygens (including phenoxy) is 1. The molecule has 1 aliphatic rings. The first-order valence-electron chi connectivity index (χ1n) is 9.90. The summed E-state index contributed by atoms with van der Waals surface area (Å²) in [5.41, 5.74) is 3.59. The maximum atomic E-state index is 11.9. The SMILES string of the molecule is COCC1(C)CC(c2nc(-c3cccc(S(C)(=O)=O)c3)no2)=CC=C1c1ccccc1. The fourth-order valence-corrected chi connectivity index (χ4v) is 4.62. The van der Waals surface area contributed by atoms with Gasteiger partial charge in [0.1, 0.15) is 0 Å². The average Bonchev–Trinajstić information content (AvgIpc) is 3.24. The molecule has 160 valence electrons. The van der Waals surface area contributed by atoms with Gasteiger partial charge in [0.15, 0.2) is 9.84 Å². The predicted octanol–water partition coefficient (Wildman–Crippen LogP) is 4.66. The highest BCUT2D eigenvalue weighted by Gasteiger charge is 2.35. The number of benzene rings is 2. The Morgan fingerprint density at radius 3 is 2.52 bits per heavy atom. The van der Waals surface area contributed by atoms with Crippen molar-refractivity contribution in [1.29, 1.82) is 0 Å². The van der Waals surface area contributed by atoms with Crippen LogP contribution in [-0.4, -0.2) is 38.5 Å². The molecule has 6 nitrogen and oxygen atoms in total. The molecule has 0 fully saturated rings. The van der Waals surface area contributed by atoms with E-state index in [1.165, 1.54) is 11.8 Å². The minimum atomic E-state index is -3.32. The van der Waals surface area contributed by atoms with E-state index in [0.29, 0.717) is 30.3 Å². The van der Waals surface area contributed by atoms with Gasteiger partial charge in [0.2, 0.25) is 5.82 Å². The molecule has 0 aliphatic heterocycles. The van der Waals surface area contributed by atoms with Crippen molar-refractivity contribution in [1.82, 2.24) is 10.1 Å². The Labute approximate surface area is 182 Å². The van der Waals surface area contributed by atoms with Crippen molar-refractivity contribution >= 4 is 21.0 Å². The molecule has 2 aromatic carbocycles. The highest BCUT2D eigenvalue weighted by atomic mass is 32.2. The Kier molecular flexibility index (Phi) is 5.64. The van der Waals surface area contributed by atoms with Crippen LogP contribution < -0.4 is 0 Å². The van der Waals surface area contributed by atoms with Crippen molar-refractivity contribution in [3.8, 4) is 11.4 Å². The summed E-state index contributed by atoms with van der Waals surface area (Å²) in [4.78, 5) is 4.76. The van der Waals surface area contributed by atoms with E-state index in [9.17, 15) is 8.42 Å². The zero-order valence-corrected chi connectivity index (χ0v) is 18.5. The fraction of sp³-hybridized carbons (Fsp3) is 0.250. The third kappa shape index (κ3) is 4.38. The predicted molar refractivity (Wildman–Crippen MR) is 120 cm³/mol. The lowest BCUT2D eigenvalue weighted by Gasteiger charge is -2.34. The molecule has 7 heteroatoms. The second-order valence-electron chi connectivity index (χ2n) is 8.03. The molecule has 0 radical (unpaired) electrons. The quantitative estimate of drug-likeness (QED) is 0.559. The molecule has 0 bridgehead atoms. The van der Waals surface area contributed by atoms with Crippen LogP contribution >= 0.6 is 0 Å². The lowest BCUT2D eigenvalue weighted by Crippen LogP contribution is -2.27. The molecule has 1 unspecified atom stereocenters. The Bertz CT molecular complexity index is 1260. The van der Waals surface area contributed by atoms with Gasteiger partial charge in [-0.15, -0.1) is 0 Å². The third-order valence-electron chi connectivity index (χ3n) is 5.45. The maximum absolute atomic E-state index is 11.9. The molecule has 0 N–H and O–H groups in total. The minimum Gasteiger partial charge on any atom is -0.384 e. The topological polar surface area (TPSA) is 82.3 Å². The minimum absolute atomic E-state index is 0.219. The van der Waals surface area contributed by atoms with Crippen LogP contribution in [0.25, 0.3) is 22.5 Å². The van der Waals surface area contributed by atoms with E-state index in [0.717, 1.165) is 11.1 Å². The van der Waals surface area contributed by atoms with Gasteiger partial charge in [-0.2, -0.15) is 4.98 Å². The zero-order chi connectivity index (χ0) is 22.1. The molecule has 3 aromatic rings. The van der Waals surface area contributed by atoms with E-state index >= 15 is 0 Å². The maximum Gasteiger partial charge on any atom is 0.254 e. The van der Waals surface area contributed by atoms with Crippen LogP contribution in [0.5, 0.6) is 0 Å². The summed E-state index contributed by atoms with van der Waals surface area (Å²) in [6.07, 6.45) is 5.94. The average molecular weight is 437 g/mol. The Morgan fingerprint density at radius 2 is 1.81 bits per heavy atom. The van der Waals surface area contributed by atoms with Crippen LogP contribution in [0.15, 0.2) is 76.2 Å². The van der Waals surface area contributed by atoms with E-state index in [1.807, 2.05) is 24.3 Å². The smallest absolute Gasteiger partial charge is 0.254 e. The Hall–Kier alpha value is -3.03. The molecular weight excluding hydrogens is 412 g/mol. The standard InChI is InChI=1S/C24H24N2O4S/c1-24(16-29-2)15-19(12-13-21(24)17-8-5-4-6-9-17)23-25-22(26-30-23)18-10-7-11-20(14-18)31(3,27)28/h4-14H,15-16H2,1-3H3. The van der Waals surface area contributed by atoms with Crippen molar-refractivity contribution in [3.63, 3.8) is 0 Å². The van der Waals surface area contributed by atoms with Gasteiger partial charge in [0, 0.05) is 29.9 Å². The first-order chi connectivity index (χ1) is 14.8. The lowest BCUT2D eigenvalue weighted by atomic mass is 9.71. The molecule has 1 aliphatic carbocycles. The number of sulfone groups is 1. The van der Waals surface area contributed by atoms with Gasteiger partial charge in [-0.25, -0.2) is 8.42 Å². The summed E-state index contributed by atoms with van der Waals surface area (Å²) in [6, 6.07) is 16.8. The molecule has 4 rings (SSSR count). The molecule has 0 spiro atoms. The van der Waals surface area contributed by atoms with Crippen molar-refractivity contribution < 1.29 is 17.7 Å². The van der Waals surface area contributed by atoms with Crippen LogP contribution in [0.3, 0.4) is 0 Å². The summed E-state index contributed by atoms with van der Waals surface area (Å²) in [7, 11) is -1.62. The molecule has 0 amide bonds. The lowest BCUT2D eigenvalue weighted by molar-refractivity contribution is 0.129. The van der Waals surface area contributed by atoms with Crippen LogP contribution in [-0.2, 0) is 14.6 Å². The first kappa shape index (κ1) is 21.2. The van der Waals surface area contributed by atoms with Crippen LogP contribution in [0.1, 0.15) is 24.8 Å². The number of nitrogens with zero attached hydrogens (tertiary/aromatic N) is 2. The van der Waals surface area contributed by atoms with Crippen LogP contribution in [0, 0.1) is 5.41 Å². The third-order valence-corrected chi connectivity index (χ3v) is 6.56. The molecule has 0 saturated carbocycles. The normalized spacial score (nSPS) is 19.1. The first-order valence-corrected chi connectivity index (χ1v) is 11.8. The van der Waals surface area contributed by atoms with E-state index in [4.69, 9.17) is 9.26 Å². The zero-order valence-electron chi connectivity index (χ0n) is 17.7. The summed E-state index contributed by atoms with van der Waals surface area (Å²) >= 11 is 0. The number of hydrogen-bond donors (Lipinski definition) is 0. The highest BCUT2D eigenvalue weighted by molar-refractivity contribution is 7.90. The van der Waals surface area contributed by atoms with E-state index in [2.05, 4.69) is 35.3 Å². The number of allylic oxidation sites excluding steroid dienone is 3. The Morgan fingerprint density at radius 1 is 1.06 bits per heavy atom. The largest absolute Gasteiger partial charge is 0.384 e. The van der Waals surface area contributed by atoms with E-state index in [-0.39, 0.29) is 10.3 Å². The summed E-state index contributed by atoms with van der Waals surface area (Å²) < 4.78 is 34.8. The van der Waals surface area contributed by atoms with Crippen molar-refractivity contribution in [2.24, 2.45) is 5.41 Å². The van der Waals surface area contributed by atoms with Crippen LogP contribution in [0.4, 0.5) is 0 Å². The van der Waals surface area contributed by atoms with Crippen molar-refractivity contribution in [2.45, 2.75) is 18.2 Å². The van der Waals surface area contributed by atoms with Gasteiger partial charge in [0.05, 0.1) is 11.5 Å². The van der Waals surface area contributed by atoms with Gasteiger partial charge >= 0.3 is 0 Å². The summed E-state index contributed by atoms with van der Waals surface area (Å²) in [5, 5.41) is 4.08. The van der Waals surface area contributed by atoms with E-state index in [1.54, 1.807) is 31.4 Å². The van der Waals surface area contributed by atoms with Crippen molar-refractivity contribution in [2.75, 3.05) is 20.0 Å². The molecule has 1 heterocycles. The number of rotatable bonds is 6. The van der Waals surface area contributed by atoms with Gasteiger partial charge in [-0.1, -0.05) is 66.7 Å². The van der Waals surface area contributed by atoms with Crippen LogP contribution in [0.2, 0.25) is 0 Å².